The number of amides is 1. The molecule has 1 saturated heterocycles. The lowest BCUT2D eigenvalue weighted by atomic mass is 10.2. The largest absolute Gasteiger partial charge is 0.376 e. The topological polar surface area (TPSA) is 69.0 Å². The van der Waals surface area contributed by atoms with Crippen molar-refractivity contribution in [1.29, 1.82) is 0 Å². The van der Waals surface area contributed by atoms with Crippen molar-refractivity contribution in [2.75, 3.05) is 13.2 Å². The number of benzene rings is 1. The van der Waals surface area contributed by atoms with Crippen LogP contribution in [0, 0.1) is 5.82 Å². The van der Waals surface area contributed by atoms with E-state index in [2.05, 4.69) is 15.6 Å². The Morgan fingerprint density at radius 2 is 2.24 bits per heavy atom. The van der Waals surface area contributed by atoms with Crippen LogP contribution in [0.25, 0.3) is 5.69 Å². The van der Waals surface area contributed by atoms with Crippen LogP contribution in [0.4, 0.5) is 4.39 Å². The lowest BCUT2D eigenvalue weighted by molar-refractivity contribution is 0.0853. The van der Waals surface area contributed by atoms with E-state index in [4.69, 9.17) is 4.74 Å². The van der Waals surface area contributed by atoms with Gasteiger partial charge in [0.25, 0.3) is 5.91 Å². The van der Waals surface area contributed by atoms with Gasteiger partial charge in [-0.2, -0.15) is 0 Å². The highest BCUT2D eigenvalue weighted by atomic mass is 19.1. The number of carbonyl (C=O) groups excluding carboxylic acids is 1. The molecule has 1 aromatic heterocycles. The minimum absolute atomic E-state index is 0.0843. The molecule has 0 spiro atoms. The molecule has 0 saturated carbocycles. The zero-order chi connectivity index (χ0) is 14.7. The number of hydrogen-bond acceptors (Lipinski definition) is 4. The van der Waals surface area contributed by atoms with Crippen LogP contribution in [-0.4, -0.2) is 40.2 Å². The normalized spacial score (nSPS) is 17.9. The van der Waals surface area contributed by atoms with Gasteiger partial charge in [-0.25, -0.2) is 9.07 Å². The molecule has 7 heteroatoms. The maximum Gasteiger partial charge on any atom is 0.273 e. The van der Waals surface area contributed by atoms with Crippen molar-refractivity contribution in [3.63, 3.8) is 0 Å². The average molecular weight is 290 g/mol. The zero-order valence-electron chi connectivity index (χ0n) is 11.3. The van der Waals surface area contributed by atoms with Gasteiger partial charge in [0.05, 0.1) is 18.0 Å². The third-order valence-corrected chi connectivity index (χ3v) is 3.33. The van der Waals surface area contributed by atoms with E-state index < -0.39 is 0 Å². The highest BCUT2D eigenvalue weighted by Gasteiger charge is 2.18. The van der Waals surface area contributed by atoms with Gasteiger partial charge in [-0.1, -0.05) is 5.21 Å². The molecule has 1 aromatic carbocycles. The maximum absolute atomic E-state index is 12.9. The van der Waals surface area contributed by atoms with Crippen LogP contribution < -0.4 is 5.32 Å². The monoisotopic (exact) mass is 290 g/mol. The molecule has 1 atom stereocenters. The highest BCUT2D eigenvalue weighted by molar-refractivity contribution is 5.91. The first-order valence-corrected chi connectivity index (χ1v) is 6.80. The van der Waals surface area contributed by atoms with E-state index in [1.165, 1.54) is 23.0 Å². The molecule has 1 aliphatic heterocycles. The Morgan fingerprint density at radius 3 is 2.95 bits per heavy atom. The summed E-state index contributed by atoms with van der Waals surface area (Å²) in [6.45, 7) is 1.23. The van der Waals surface area contributed by atoms with Crippen molar-refractivity contribution in [3.8, 4) is 5.69 Å². The van der Waals surface area contributed by atoms with Gasteiger partial charge < -0.3 is 10.1 Å². The Balaban J connectivity index is 1.63. The fourth-order valence-corrected chi connectivity index (χ4v) is 2.19. The second kappa shape index (κ2) is 6.01. The number of rotatable bonds is 4. The molecule has 1 N–H and O–H groups in total. The number of ether oxygens (including phenoxy) is 1. The summed E-state index contributed by atoms with van der Waals surface area (Å²) < 4.78 is 19.7. The molecule has 0 aliphatic carbocycles. The Kier molecular flexibility index (Phi) is 3.92. The first kappa shape index (κ1) is 13.7. The third kappa shape index (κ3) is 3.25. The summed E-state index contributed by atoms with van der Waals surface area (Å²) in [7, 11) is 0. The van der Waals surface area contributed by atoms with Gasteiger partial charge in [-0.05, 0) is 37.1 Å². The molecule has 2 heterocycles. The Hall–Kier alpha value is -2.28. The van der Waals surface area contributed by atoms with Crippen LogP contribution in [0.1, 0.15) is 23.3 Å². The van der Waals surface area contributed by atoms with Gasteiger partial charge in [0.15, 0.2) is 5.69 Å². The first-order valence-electron chi connectivity index (χ1n) is 6.80. The summed E-state index contributed by atoms with van der Waals surface area (Å²) in [6.07, 6.45) is 3.59. The van der Waals surface area contributed by atoms with Gasteiger partial charge in [0.1, 0.15) is 5.82 Å². The lowest BCUT2D eigenvalue weighted by Crippen LogP contribution is -2.31. The van der Waals surface area contributed by atoms with Gasteiger partial charge in [0.2, 0.25) is 0 Å². The number of nitrogens with zero attached hydrogens (tertiary/aromatic N) is 3. The van der Waals surface area contributed by atoms with E-state index in [0.29, 0.717) is 12.2 Å². The second-order valence-corrected chi connectivity index (χ2v) is 4.87. The van der Waals surface area contributed by atoms with Crippen LogP contribution >= 0.6 is 0 Å². The molecule has 2 aromatic rings. The maximum atomic E-state index is 12.9. The number of carbonyl (C=O) groups is 1. The summed E-state index contributed by atoms with van der Waals surface area (Å²) in [5.41, 5.74) is 0.861. The van der Waals surface area contributed by atoms with Crippen LogP contribution in [0.15, 0.2) is 30.5 Å². The van der Waals surface area contributed by atoms with Crippen molar-refractivity contribution in [2.24, 2.45) is 0 Å². The fourth-order valence-electron chi connectivity index (χ4n) is 2.19. The van der Waals surface area contributed by atoms with Crippen LogP contribution in [0.3, 0.4) is 0 Å². The number of halogens is 1. The molecular formula is C14H15FN4O2. The molecule has 0 unspecified atom stereocenters. The molecule has 0 radical (unpaired) electrons. The van der Waals surface area contributed by atoms with Crippen LogP contribution in [-0.2, 0) is 4.74 Å². The minimum Gasteiger partial charge on any atom is -0.376 e. The van der Waals surface area contributed by atoms with E-state index in [9.17, 15) is 9.18 Å². The van der Waals surface area contributed by atoms with E-state index in [1.807, 2.05) is 0 Å². The Bertz CT molecular complexity index is 620. The standard InChI is InChI=1S/C14H15FN4O2/c15-10-3-5-11(6-4-10)19-9-13(17-18-19)14(20)16-8-12-2-1-7-21-12/h3-6,9,12H,1-2,7-8H2,(H,16,20)/t12-/m0/s1. The van der Waals surface area contributed by atoms with Gasteiger partial charge in [0, 0.05) is 13.2 Å². The molecule has 6 nitrogen and oxygen atoms in total. The van der Waals surface area contributed by atoms with E-state index in [0.717, 1.165) is 19.4 Å². The van der Waals surface area contributed by atoms with Crippen molar-refractivity contribution in [3.05, 3.63) is 42.0 Å². The Labute approximate surface area is 120 Å². The van der Waals surface area contributed by atoms with Gasteiger partial charge in [-0.15, -0.1) is 5.10 Å². The first-order chi connectivity index (χ1) is 10.2. The van der Waals surface area contributed by atoms with E-state index in [1.54, 1.807) is 12.1 Å². The molecule has 21 heavy (non-hydrogen) atoms. The fraction of sp³-hybridized carbons (Fsp3) is 0.357. The van der Waals surface area contributed by atoms with Gasteiger partial charge >= 0.3 is 0 Å². The van der Waals surface area contributed by atoms with Crippen molar-refractivity contribution in [1.82, 2.24) is 20.3 Å². The lowest BCUT2D eigenvalue weighted by Gasteiger charge is -2.09. The molecular weight excluding hydrogens is 275 g/mol. The predicted molar refractivity (Wildman–Crippen MR) is 72.6 cm³/mol. The molecule has 1 aliphatic rings. The van der Waals surface area contributed by atoms with E-state index >= 15 is 0 Å². The summed E-state index contributed by atoms with van der Waals surface area (Å²) in [4.78, 5) is 12.0. The summed E-state index contributed by atoms with van der Waals surface area (Å²) in [5, 5.41) is 10.5. The summed E-state index contributed by atoms with van der Waals surface area (Å²) >= 11 is 0. The molecule has 110 valence electrons. The van der Waals surface area contributed by atoms with Gasteiger partial charge in [-0.3, -0.25) is 4.79 Å². The summed E-state index contributed by atoms with van der Waals surface area (Å²) in [5.74, 6) is -0.618. The summed E-state index contributed by atoms with van der Waals surface area (Å²) in [6, 6.07) is 5.79. The second-order valence-electron chi connectivity index (χ2n) is 4.87. The van der Waals surface area contributed by atoms with Crippen LogP contribution in [0.2, 0.25) is 0 Å². The van der Waals surface area contributed by atoms with Crippen LogP contribution in [0.5, 0.6) is 0 Å². The molecule has 1 fully saturated rings. The van der Waals surface area contributed by atoms with Crippen molar-refractivity contribution >= 4 is 5.91 Å². The Morgan fingerprint density at radius 1 is 1.43 bits per heavy atom. The highest BCUT2D eigenvalue weighted by Crippen LogP contribution is 2.11. The quantitative estimate of drug-likeness (QED) is 0.922. The van der Waals surface area contributed by atoms with Crippen molar-refractivity contribution in [2.45, 2.75) is 18.9 Å². The van der Waals surface area contributed by atoms with Crippen molar-refractivity contribution < 1.29 is 13.9 Å². The molecule has 1 amide bonds. The SMILES string of the molecule is O=C(NC[C@@H]1CCCO1)c1cn(-c2ccc(F)cc2)nn1. The minimum atomic E-state index is -0.326. The average Bonchev–Trinajstić information content (AvgIpc) is 3.17. The predicted octanol–water partition coefficient (Wildman–Crippen LogP) is 1.32. The smallest absolute Gasteiger partial charge is 0.273 e. The number of aromatic nitrogens is 3. The molecule has 0 bridgehead atoms. The van der Waals surface area contributed by atoms with E-state index in [-0.39, 0.29) is 23.5 Å². The third-order valence-electron chi connectivity index (χ3n) is 3.33. The number of nitrogens with one attached hydrogen (secondary N) is 1. The number of hydrogen-bond donors (Lipinski definition) is 1. The molecule has 3 rings (SSSR count). The zero-order valence-corrected chi connectivity index (χ0v) is 11.3.